The molecule has 5 nitrogen and oxygen atoms in total. The van der Waals surface area contributed by atoms with Crippen molar-refractivity contribution in [2.24, 2.45) is 0 Å². The maximum atomic E-state index is 4.56. The number of hydrogen-bond acceptors (Lipinski definition) is 4. The molecule has 0 amide bonds. The Kier molecular flexibility index (Phi) is 3.85. The zero-order valence-electron chi connectivity index (χ0n) is 11.9. The molecule has 0 atom stereocenters. The highest BCUT2D eigenvalue weighted by Crippen LogP contribution is 2.19. The molecule has 20 heavy (non-hydrogen) atoms. The van der Waals surface area contributed by atoms with E-state index in [0.29, 0.717) is 0 Å². The summed E-state index contributed by atoms with van der Waals surface area (Å²) in [6, 6.07) is 4.21. The molecule has 3 heterocycles. The summed E-state index contributed by atoms with van der Waals surface area (Å²) in [6.07, 6.45) is 7.68. The van der Waals surface area contributed by atoms with Gasteiger partial charge < -0.3 is 10.2 Å². The van der Waals surface area contributed by atoms with Crippen LogP contribution in [-0.2, 0) is 6.54 Å². The van der Waals surface area contributed by atoms with Gasteiger partial charge in [0.15, 0.2) is 0 Å². The van der Waals surface area contributed by atoms with Gasteiger partial charge in [0.25, 0.3) is 0 Å². The standard InChI is InChI=1S/C15H21N5/c1-12-13(10-18-19-12)9-16-14-5-6-15(17-11-14)20-7-3-2-4-8-20/h5-6,10-11,16H,2-4,7-9H2,1H3,(H,18,19). The third kappa shape index (κ3) is 2.92. The third-order valence-corrected chi connectivity index (χ3v) is 3.85. The van der Waals surface area contributed by atoms with Gasteiger partial charge in [-0.05, 0) is 38.3 Å². The fourth-order valence-electron chi connectivity index (χ4n) is 2.55. The molecule has 2 aromatic heterocycles. The van der Waals surface area contributed by atoms with Crippen LogP contribution in [0.2, 0.25) is 0 Å². The number of nitrogens with zero attached hydrogens (tertiary/aromatic N) is 3. The second-order valence-electron chi connectivity index (χ2n) is 5.33. The molecule has 2 N–H and O–H groups in total. The number of hydrogen-bond donors (Lipinski definition) is 2. The lowest BCUT2D eigenvalue weighted by atomic mass is 10.1. The van der Waals surface area contributed by atoms with Gasteiger partial charge >= 0.3 is 0 Å². The zero-order valence-corrected chi connectivity index (χ0v) is 11.9. The molecule has 0 radical (unpaired) electrons. The highest BCUT2D eigenvalue weighted by Gasteiger charge is 2.11. The van der Waals surface area contributed by atoms with Crippen LogP contribution < -0.4 is 10.2 Å². The third-order valence-electron chi connectivity index (χ3n) is 3.85. The molecule has 0 aromatic carbocycles. The Hall–Kier alpha value is -2.04. The Morgan fingerprint density at radius 2 is 2.05 bits per heavy atom. The van der Waals surface area contributed by atoms with Gasteiger partial charge in [-0.1, -0.05) is 0 Å². The minimum Gasteiger partial charge on any atom is -0.380 e. The predicted molar refractivity (Wildman–Crippen MR) is 81.0 cm³/mol. The Labute approximate surface area is 119 Å². The fourth-order valence-corrected chi connectivity index (χ4v) is 2.55. The first-order valence-electron chi connectivity index (χ1n) is 7.26. The zero-order chi connectivity index (χ0) is 13.8. The van der Waals surface area contributed by atoms with Crippen LogP contribution in [0.25, 0.3) is 0 Å². The highest BCUT2D eigenvalue weighted by atomic mass is 15.2. The van der Waals surface area contributed by atoms with E-state index in [4.69, 9.17) is 0 Å². The molecule has 0 saturated carbocycles. The fraction of sp³-hybridized carbons (Fsp3) is 0.467. The Morgan fingerprint density at radius 3 is 2.70 bits per heavy atom. The van der Waals surface area contributed by atoms with Gasteiger partial charge in [0.05, 0.1) is 18.1 Å². The quantitative estimate of drug-likeness (QED) is 0.897. The van der Waals surface area contributed by atoms with Crippen molar-refractivity contribution in [3.63, 3.8) is 0 Å². The number of piperidine rings is 1. The van der Waals surface area contributed by atoms with Crippen LogP contribution in [-0.4, -0.2) is 28.3 Å². The van der Waals surface area contributed by atoms with Crippen LogP contribution in [0.3, 0.4) is 0 Å². The summed E-state index contributed by atoms with van der Waals surface area (Å²) in [6.45, 7) is 5.07. The number of rotatable bonds is 4. The summed E-state index contributed by atoms with van der Waals surface area (Å²) in [5.41, 5.74) is 3.34. The van der Waals surface area contributed by atoms with E-state index in [1.807, 2.05) is 19.3 Å². The summed E-state index contributed by atoms with van der Waals surface area (Å²) in [5.74, 6) is 1.09. The molecular weight excluding hydrogens is 250 g/mol. The average molecular weight is 271 g/mol. The molecule has 3 rings (SSSR count). The van der Waals surface area contributed by atoms with Crippen LogP contribution in [0.15, 0.2) is 24.5 Å². The monoisotopic (exact) mass is 271 g/mol. The summed E-state index contributed by atoms with van der Waals surface area (Å²) in [7, 11) is 0. The average Bonchev–Trinajstić information content (AvgIpc) is 2.92. The molecule has 0 aliphatic carbocycles. The van der Waals surface area contributed by atoms with E-state index < -0.39 is 0 Å². The lowest BCUT2D eigenvalue weighted by Gasteiger charge is -2.27. The topological polar surface area (TPSA) is 56.8 Å². The number of nitrogens with one attached hydrogen (secondary N) is 2. The molecule has 1 fully saturated rings. The number of H-pyrrole nitrogens is 1. The van der Waals surface area contributed by atoms with Gasteiger partial charge in [-0.25, -0.2) is 4.98 Å². The molecule has 5 heteroatoms. The Balaban J connectivity index is 1.59. The predicted octanol–water partition coefficient (Wildman–Crippen LogP) is 2.72. The highest BCUT2D eigenvalue weighted by molar-refractivity contribution is 5.49. The van der Waals surface area contributed by atoms with E-state index in [1.165, 1.54) is 24.8 Å². The van der Waals surface area contributed by atoms with Crippen molar-refractivity contribution in [2.75, 3.05) is 23.3 Å². The first-order valence-corrected chi connectivity index (χ1v) is 7.26. The number of anilines is 2. The lowest BCUT2D eigenvalue weighted by molar-refractivity contribution is 0.573. The summed E-state index contributed by atoms with van der Waals surface area (Å²) in [4.78, 5) is 6.93. The van der Waals surface area contributed by atoms with Gasteiger partial charge in [0.1, 0.15) is 5.82 Å². The molecule has 0 spiro atoms. The SMILES string of the molecule is Cc1[nH]ncc1CNc1ccc(N2CCCCC2)nc1. The van der Waals surface area contributed by atoms with E-state index in [-0.39, 0.29) is 0 Å². The number of pyridine rings is 1. The first kappa shape index (κ1) is 13.0. The normalized spacial score (nSPS) is 15.3. The van der Waals surface area contributed by atoms with Crippen molar-refractivity contribution >= 4 is 11.5 Å². The molecule has 1 aliphatic rings. The van der Waals surface area contributed by atoms with E-state index in [1.54, 1.807) is 0 Å². The Bertz CT molecular complexity index is 540. The molecular formula is C15H21N5. The maximum Gasteiger partial charge on any atom is 0.128 e. The summed E-state index contributed by atoms with van der Waals surface area (Å²) < 4.78 is 0. The van der Waals surface area contributed by atoms with Crippen LogP contribution in [0.1, 0.15) is 30.5 Å². The van der Waals surface area contributed by atoms with Crippen LogP contribution >= 0.6 is 0 Å². The van der Waals surface area contributed by atoms with Crippen molar-refractivity contribution < 1.29 is 0 Å². The number of aromatic nitrogens is 3. The smallest absolute Gasteiger partial charge is 0.128 e. The largest absolute Gasteiger partial charge is 0.380 e. The van der Waals surface area contributed by atoms with Gasteiger partial charge in [-0.15, -0.1) is 0 Å². The molecule has 106 valence electrons. The van der Waals surface area contributed by atoms with E-state index >= 15 is 0 Å². The van der Waals surface area contributed by atoms with Crippen molar-refractivity contribution in [1.29, 1.82) is 0 Å². The lowest BCUT2D eigenvalue weighted by Crippen LogP contribution is -2.30. The van der Waals surface area contributed by atoms with Crippen LogP contribution in [0, 0.1) is 6.92 Å². The minimum absolute atomic E-state index is 0.771. The summed E-state index contributed by atoms with van der Waals surface area (Å²) in [5, 5.41) is 10.3. The molecule has 1 saturated heterocycles. The van der Waals surface area contributed by atoms with Gasteiger partial charge in [-0.3, -0.25) is 5.10 Å². The van der Waals surface area contributed by atoms with Gasteiger partial charge in [-0.2, -0.15) is 5.10 Å². The van der Waals surface area contributed by atoms with E-state index in [2.05, 4.69) is 37.5 Å². The van der Waals surface area contributed by atoms with Crippen molar-refractivity contribution in [3.05, 3.63) is 35.8 Å². The van der Waals surface area contributed by atoms with Gasteiger partial charge in [0, 0.05) is 30.9 Å². The van der Waals surface area contributed by atoms with Crippen molar-refractivity contribution in [3.8, 4) is 0 Å². The summed E-state index contributed by atoms with van der Waals surface area (Å²) >= 11 is 0. The molecule has 0 unspecified atom stereocenters. The molecule has 0 bridgehead atoms. The number of aromatic amines is 1. The van der Waals surface area contributed by atoms with Crippen molar-refractivity contribution in [1.82, 2.24) is 15.2 Å². The second kappa shape index (κ2) is 5.94. The molecule has 1 aliphatic heterocycles. The first-order chi connectivity index (χ1) is 9.83. The van der Waals surface area contributed by atoms with Gasteiger partial charge in [0.2, 0.25) is 0 Å². The minimum atomic E-state index is 0.771. The van der Waals surface area contributed by atoms with Crippen molar-refractivity contribution in [2.45, 2.75) is 32.7 Å². The van der Waals surface area contributed by atoms with Crippen LogP contribution in [0.5, 0.6) is 0 Å². The van der Waals surface area contributed by atoms with E-state index in [0.717, 1.165) is 36.8 Å². The maximum absolute atomic E-state index is 4.56. The van der Waals surface area contributed by atoms with Crippen LogP contribution in [0.4, 0.5) is 11.5 Å². The Morgan fingerprint density at radius 1 is 1.20 bits per heavy atom. The second-order valence-corrected chi connectivity index (χ2v) is 5.33. The van der Waals surface area contributed by atoms with E-state index in [9.17, 15) is 0 Å². The number of aryl methyl sites for hydroxylation is 1. The molecule has 2 aromatic rings.